The predicted molar refractivity (Wildman–Crippen MR) is 77.0 cm³/mol. The molecule has 0 radical (unpaired) electrons. The number of aromatic nitrogens is 2. The minimum atomic E-state index is -0.195. The van der Waals surface area contributed by atoms with Gasteiger partial charge in [-0.15, -0.1) is 11.3 Å². The van der Waals surface area contributed by atoms with E-state index in [9.17, 15) is 4.79 Å². The van der Waals surface area contributed by atoms with Crippen molar-refractivity contribution in [3.63, 3.8) is 0 Å². The zero-order valence-electron chi connectivity index (χ0n) is 10.3. The van der Waals surface area contributed by atoms with Crippen LogP contribution in [0.2, 0.25) is 9.49 Å². The molecule has 0 N–H and O–H groups in total. The van der Waals surface area contributed by atoms with Crippen LogP contribution in [0.25, 0.3) is 10.2 Å². The minimum Gasteiger partial charge on any atom is -0.469 e. The van der Waals surface area contributed by atoms with Gasteiger partial charge in [0.1, 0.15) is 15.8 Å². The van der Waals surface area contributed by atoms with Crippen molar-refractivity contribution < 1.29 is 9.53 Å². The van der Waals surface area contributed by atoms with Gasteiger partial charge in [0, 0.05) is 12.8 Å². The molecule has 0 unspecified atom stereocenters. The number of halogens is 2. The van der Waals surface area contributed by atoms with E-state index in [0.717, 1.165) is 23.1 Å². The third kappa shape index (κ3) is 3.78. The minimum absolute atomic E-state index is 0.195. The van der Waals surface area contributed by atoms with E-state index in [1.807, 2.05) is 0 Å². The van der Waals surface area contributed by atoms with Gasteiger partial charge < -0.3 is 4.74 Å². The molecule has 0 aliphatic carbocycles. The molecule has 0 saturated carbocycles. The van der Waals surface area contributed by atoms with Crippen molar-refractivity contribution in [2.75, 3.05) is 7.11 Å². The summed E-state index contributed by atoms with van der Waals surface area (Å²) in [5.74, 6) is 0.486. The van der Waals surface area contributed by atoms with Gasteiger partial charge in [-0.05, 0) is 18.9 Å². The molecule has 0 aliphatic rings. The molecule has 2 heterocycles. The summed E-state index contributed by atoms with van der Waals surface area (Å²) in [6.45, 7) is 0. The fourth-order valence-corrected chi connectivity index (χ4v) is 3.07. The maximum Gasteiger partial charge on any atom is 0.305 e. The number of thiophene rings is 1. The van der Waals surface area contributed by atoms with Crippen LogP contribution in [-0.4, -0.2) is 23.0 Å². The Morgan fingerprint density at radius 3 is 2.89 bits per heavy atom. The summed E-state index contributed by atoms with van der Waals surface area (Å²) in [6.07, 6.45) is 2.66. The second kappa shape index (κ2) is 6.50. The lowest BCUT2D eigenvalue weighted by Crippen LogP contribution is -2.01. The molecule has 0 aromatic carbocycles. The summed E-state index contributed by atoms with van der Waals surface area (Å²) in [5, 5.41) is 1.21. The highest BCUT2D eigenvalue weighted by atomic mass is 35.5. The summed E-state index contributed by atoms with van der Waals surface area (Å²) in [5.41, 5.74) is 0. The van der Waals surface area contributed by atoms with E-state index in [1.165, 1.54) is 18.4 Å². The largest absolute Gasteiger partial charge is 0.469 e. The first kappa shape index (κ1) is 14.5. The van der Waals surface area contributed by atoms with Crippen molar-refractivity contribution >= 4 is 50.7 Å². The molecule has 0 amide bonds. The summed E-state index contributed by atoms with van der Waals surface area (Å²) in [4.78, 5) is 20.4. The van der Waals surface area contributed by atoms with Gasteiger partial charge in [0.05, 0.1) is 16.8 Å². The second-order valence-corrected chi connectivity index (χ2v) is 6.00. The monoisotopic (exact) mass is 318 g/mol. The van der Waals surface area contributed by atoms with E-state index in [2.05, 4.69) is 14.7 Å². The fourth-order valence-electron chi connectivity index (χ4n) is 1.66. The molecule has 0 aliphatic heterocycles. The molecular weight excluding hydrogens is 307 g/mol. The van der Waals surface area contributed by atoms with Gasteiger partial charge in [-0.1, -0.05) is 23.2 Å². The number of rotatable bonds is 5. The SMILES string of the molecule is COC(=O)CCCCc1nc(Cl)c2cc(Cl)sc2n1. The third-order valence-electron chi connectivity index (χ3n) is 2.62. The predicted octanol–water partition coefficient (Wildman–Crippen LogP) is 3.88. The first-order valence-electron chi connectivity index (χ1n) is 5.78. The number of methoxy groups -OCH3 is 1. The number of hydrogen-bond acceptors (Lipinski definition) is 5. The molecule has 4 nitrogen and oxygen atoms in total. The molecule has 102 valence electrons. The van der Waals surface area contributed by atoms with Crippen LogP contribution in [0, 0.1) is 0 Å². The zero-order valence-corrected chi connectivity index (χ0v) is 12.6. The van der Waals surface area contributed by atoms with Crippen LogP contribution in [0.1, 0.15) is 25.1 Å². The lowest BCUT2D eigenvalue weighted by Gasteiger charge is -2.01. The summed E-state index contributed by atoms with van der Waals surface area (Å²) >= 11 is 13.4. The maximum absolute atomic E-state index is 11.0. The summed E-state index contributed by atoms with van der Waals surface area (Å²) in [6, 6.07) is 1.77. The Morgan fingerprint density at radius 2 is 2.16 bits per heavy atom. The highest BCUT2D eigenvalue weighted by Gasteiger charge is 2.09. The number of carbonyl (C=O) groups excluding carboxylic acids is 1. The highest BCUT2D eigenvalue weighted by molar-refractivity contribution is 7.22. The van der Waals surface area contributed by atoms with Gasteiger partial charge in [0.15, 0.2) is 0 Å². The normalized spacial score (nSPS) is 10.9. The molecule has 2 rings (SSSR count). The second-order valence-electron chi connectivity index (χ2n) is 3.98. The van der Waals surface area contributed by atoms with E-state index in [-0.39, 0.29) is 5.97 Å². The highest BCUT2D eigenvalue weighted by Crippen LogP contribution is 2.31. The molecule has 0 atom stereocenters. The van der Waals surface area contributed by atoms with E-state index < -0.39 is 0 Å². The molecule has 19 heavy (non-hydrogen) atoms. The van der Waals surface area contributed by atoms with Crippen molar-refractivity contribution in [1.29, 1.82) is 0 Å². The van der Waals surface area contributed by atoms with Crippen molar-refractivity contribution in [2.45, 2.75) is 25.7 Å². The Labute approximate surface area is 124 Å². The molecular formula is C12H12Cl2N2O2S. The van der Waals surface area contributed by atoms with Gasteiger partial charge in [0.25, 0.3) is 0 Å². The maximum atomic E-state index is 11.0. The number of nitrogens with zero attached hydrogens (tertiary/aromatic N) is 2. The molecule has 2 aromatic rings. The average molecular weight is 319 g/mol. The van der Waals surface area contributed by atoms with E-state index >= 15 is 0 Å². The number of ether oxygens (including phenoxy) is 1. The molecule has 7 heteroatoms. The van der Waals surface area contributed by atoms with Crippen LogP contribution in [0.5, 0.6) is 0 Å². The molecule has 0 bridgehead atoms. The number of hydrogen-bond donors (Lipinski definition) is 0. The number of unbranched alkanes of at least 4 members (excludes halogenated alkanes) is 1. The van der Waals surface area contributed by atoms with Crippen LogP contribution < -0.4 is 0 Å². The van der Waals surface area contributed by atoms with Gasteiger partial charge in [-0.3, -0.25) is 4.79 Å². The molecule has 2 aromatic heterocycles. The van der Waals surface area contributed by atoms with Crippen LogP contribution in [0.4, 0.5) is 0 Å². The molecule has 0 saturated heterocycles. The topological polar surface area (TPSA) is 52.1 Å². The Hall–Kier alpha value is -0.910. The summed E-state index contributed by atoms with van der Waals surface area (Å²) in [7, 11) is 1.39. The first-order chi connectivity index (χ1) is 9.10. The lowest BCUT2D eigenvalue weighted by molar-refractivity contribution is -0.140. The Morgan fingerprint density at radius 1 is 1.37 bits per heavy atom. The van der Waals surface area contributed by atoms with Crippen LogP contribution in [0.3, 0.4) is 0 Å². The van der Waals surface area contributed by atoms with E-state index in [4.69, 9.17) is 23.2 Å². The molecule has 0 spiro atoms. The van der Waals surface area contributed by atoms with E-state index in [0.29, 0.717) is 28.2 Å². The average Bonchev–Trinajstić information content (AvgIpc) is 2.75. The van der Waals surface area contributed by atoms with Gasteiger partial charge >= 0.3 is 5.97 Å². The smallest absolute Gasteiger partial charge is 0.305 e. The van der Waals surface area contributed by atoms with Crippen LogP contribution >= 0.6 is 34.5 Å². The van der Waals surface area contributed by atoms with E-state index in [1.54, 1.807) is 6.07 Å². The standard InChI is InChI=1S/C12H12Cl2N2O2S/c1-18-10(17)5-3-2-4-9-15-11(14)7-6-8(13)19-12(7)16-9/h6H,2-5H2,1H3. The number of carbonyl (C=O) groups is 1. The van der Waals surface area contributed by atoms with Gasteiger partial charge in [-0.25, -0.2) is 9.97 Å². The first-order valence-corrected chi connectivity index (χ1v) is 7.35. The van der Waals surface area contributed by atoms with Gasteiger partial charge in [-0.2, -0.15) is 0 Å². The number of fused-ring (bicyclic) bond motifs is 1. The van der Waals surface area contributed by atoms with Crippen molar-refractivity contribution in [1.82, 2.24) is 9.97 Å². The zero-order chi connectivity index (χ0) is 13.8. The lowest BCUT2D eigenvalue weighted by atomic mass is 10.2. The Kier molecular flexibility index (Phi) is 4.96. The van der Waals surface area contributed by atoms with Crippen LogP contribution in [-0.2, 0) is 16.0 Å². The third-order valence-corrected chi connectivity index (χ3v) is 4.07. The molecule has 0 fully saturated rings. The van der Waals surface area contributed by atoms with Crippen molar-refractivity contribution in [3.05, 3.63) is 21.4 Å². The van der Waals surface area contributed by atoms with Crippen molar-refractivity contribution in [3.8, 4) is 0 Å². The number of aryl methyl sites for hydroxylation is 1. The fraction of sp³-hybridized carbons (Fsp3) is 0.417. The van der Waals surface area contributed by atoms with Crippen LogP contribution in [0.15, 0.2) is 6.07 Å². The summed E-state index contributed by atoms with van der Waals surface area (Å²) < 4.78 is 5.22. The Balaban J connectivity index is 1.99. The quantitative estimate of drug-likeness (QED) is 0.477. The van der Waals surface area contributed by atoms with Gasteiger partial charge in [0.2, 0.25) is 0 Å². The van der Waals surface area contributed by atoms with Crippen molar-refractivity contribution in [2.24, 2.45) is 0 Å². The number of esters is 1. The Bertz CT molecular complexity index is 601.